The van der Waals surface area contributed by atoms with Gasteiger partial charge in [0.15, 0.2) is 0 Å². The Kier molecular flexibility index (Phi) is 7.85. The molecule has 0 radical (unpaired) electrons. The highest BCUT2D eigenvalue weighted by Crippen LogP contribution is 2.34. The first-order chi connectivity index (χ1) is 12.2. The van der Waals surface area contributed by atoms with Crippen LogP contribution in [0.25, 0.3) is 0 Å². The SMILES string of the molecule is CCOCC(=O)OC1CCCCC1S(=O)(=O)Nc1cc(Cl)c(Cl)cc1Cl. The summed E-state index contributed by atoms with van der Waals surface area (Å²) >= 11 is 17.9. The van der Waals surface area contributed by atoms with E-state index in [0.717, 1.165) is 12.8 Å². The third-order valence-electron chi connectivity index (χ3n) is 4.01. The number of carbonyl (C=O) groups excluding carboxylic acids is 1. The number of nitrogens with one attached hydrogen (secondary N) is 1. The summed E-state index contributed by atoms with van der Waals surface area (Å²) in [5.74, 6) is -0.577. The Morgan fingerprint density at radius 3 is 2.50 bits per heavy atom. The van der Waals surface area contributed by atoms with E-state index in [1.54, 1.807) is 6.92 Å². The predicted octanol–water partition coefficient (Wildman–Crippen LogP) is 4.28. The highest BCUT2D eigenvalue weighted by atomic mass is 35.5. The summed E-state index contributed by atoms with van der Waals surface area (Å²) in [7, 11) is -3.86. The highest BCUT2D eigenvalue weighted by molar-refractivity contribution is 7.93. The number of esters is 1. The summed E-state index contributed by atoms with van der Waals surface area (Å²) in [6.45, 7) is 1.93. The number of sulfonamides is 1. The van der Waals surface area contributed by atoms with Crippen molar-refractivity contribution in [1.82, 2.24) is 0 Å². The maximum atomic E-state index is 12.8. The van der Waals surface area contributed by atoms with Crippen LogP contribution in [0.4, 0.5) is 5.69 Å². The first-order valence-electron chi connectivity index (χ1n) is 8.18. The topological polar surface area (TPSA) is 81.7 Å². The van der Waals surface area contributed by atoms with Gasteiger partial charge in [0.05, 0.1) is 20.8 Å². The Morgan fingerprint density at radius 1 is 1.15 bits per heavy atom. The van der Waals surface area contributed by atoms with Crippen molar-refractivity contribution in [2.24, 2.45) is 0 Å². The van der Waals surface area contributed by atoms with Crippen LogP contribution in [-0.4, -0.2) is 39.0 Å². The van der Waals surface area contributed by atoms with Gasteiger partial charge in [-0.2, -0.15) is 0 Å². The van der Waals surface area contributed by atoms with Crippen LogP contribution in [0.5, 0.6) is 0 Å². The summed E-state index contributed by atoms with van der Waals surface area (Å²) in [4.78, 5) is 11.8. The quantitative estimate of drug-likeness (QED) is 0.501. The molecule has 1 N–H and O–H groups in total. The van der Waals surface area contributed by atoms with E-state index >= 15 is 0 Å². The van der Waals surface area contributed by atoms with E-state index in [1.165, 1.54) is 12.1 Å². The van der Waals surface area contributed by atoms with Gasteiger partial charge in [-0.3, -0.25) is 4.72 Å². The predicted molar refractivity (Wildman–Crippen MR) is 103 cm³/mol. The molecule has 1 aromatic carbocycles. The number of ether oxygens (including phenoxy) is 2. The molecule has 0 saturated heterocycles. The second kappa shape index (κ2) is 9.46. The van der Waals surface area contributed by atoms with Gasteiger partial charge in [-0.15, -0.1) is 0 Å². The fourth-order valence-electron chi connectivity index (χ4n) is 2.77. The molecule has 0 heterocycles. The van der Waals surface area contributed by atoms with E-state index in [4.69, 9.17) is 44.3 Å². The summed E-state index contributed by atoms with van der Waals surface area (Å²) < 4.78 is 38.5. The Balaban J connectivity index is 2.16. The lowest BCUT2D eigenvalue weighted by molar-refractivity contribution is -0.155. The number of hydrogen-bond donors (Lipinski definition) is 1. The average Bonchev–Trinajstić information content (AvgIpc) is 2.58. The molecule has 1 saturated carbocycles. The van der Waals surface area contributed by atoms with Crippen LogP contribution in [0.15, 0.2) is 12.1 Å². The van der Waals surface area contributed by atoms with E-state index < -0.39 is 27.3 Å². The molecule has 0 aliphatic heterocycles. The van der Waals surface area contributed by atoms with Crippen LogP contribution in [0.1, 0.15) is 32.6 Å². The molecule has 2 unspecified atom stereocenters. The van der Waals surface area contributed by atoms with Crippen molar-refractivity contribution in [2.45, 2.75) is 44.0 Å². The van der Waals surface area contributed by atoms with E-state index in [1.807, 2.05) is 0 Å². The van der Waals surface area contributed by atoms with Crippen LogP contribution in [0, 0.1) is 0 Å². The Hall–Kier alpha value is -0.730. The molecule has 6 nitrogen and oxygen atoms in total. The number of hydrogen-bond acceptors (Lipinski definition) is 5. The fraction of sp³-hybridized carbons (Fsp3) is 0.562. The Morgan fingerprint density at radius 2 is 1.81 bits per heavy atom. The molecule has 1 aliphatic carbocycles. The van der Waals surface area contributed by atoms with Gasteiger partial charge in [0.25, 0.3) is 0 Å². The van der Waals surface area contributed by atoms with E-state index in [9.17, 15) is 13.2 Å². The largest absolute Gasteiger partial charge is 0.459 e. The molecule has 146 valence electrons. The second-order valence-electron chi connectivity index (χ2n) is 5.88. The minimum absolute atomic E-state index is 0.128. The maximum absolute atomic E-state index is 12.8. The molecule has 2 rings (SSSR count). The van der Waals surface area contributed by atoms with Gasteiger partial charge in [-0.1, -0.05) is 41.2 Å². The number of carbonyl (C=O) groups is 1. The normalized spacial score (nSPS) is 20.6. The smallest absolute Gasteiger partial charge is 0.332 e. The van der Waals surface area contributed by atoms with Gasteiger partial charge in [-0.25, -0.2) is 13.2 Å². The zero-order chi connectivity index (χ0) is 19.3. The van der Waals surface area contributed by atoms with Gasteiger partial charge in [0.1, 0.15) is 18.0 Å². The van der Waals surface area contributed by atoms with Crippen LogP contribution in [-0.2, 0) is 24.3 Å². The molecule has 0 amide bonds. The standard InChI is InChI=1S/C16H20Cl3NO5S/c1-2-24-9-16(21)25-14-5-3-4-6-15(14)26(22,23)20-13-8-11(18)10(17)7-12(13)19/h7-8,14-15,20H,2-6,9H2,1H3. The van der Waals surface area contributed by atoms with Crippen LogP contribution < -0.4 is 4.72 Å². The molecule has 0 bridgehead atoms. The third kappa shape index (κ3) is 5.63. The summed E-state index contributed by atoms with van der Waals surface area (Å²) in [5, 5.41) is -0.354. The van der Waals surface area contributed by atoms with Crippen LogP contribution >= 0.6 is 34.8 Å². The first kappa shape index (κ1) is 21.6. The lowest BCUT2D eigenvalue weighted by atomic mass is 9.97. The highest BCUT2D eigenvalue weighted by Gasteiger charge is 2.38. The monoisotopic (exact) mass is 443 g/mol. The van der Waals surface area contributed by atoms with Crippen molar-refractivity contribution in [3.05, 3.63) is 27.2 Å². The van der Waals surface area contributed by atoms with E-state index in [-0.39, 0.29) is 27.4 Å². The molecular formula is C16H20Cl3NO5S. The number of benzene rings is 1. The molecule has 0 aromatic heterocycles. The lowest BCUT2D eigenvalue weighted by Crippen LogP contribution is -2.43. The molecule has 1 aliphatic rings. The molecule has 2 atom stereocenters. The zero-order valence-electron chi connectivity index (χ0n) is 14.1. The summed E-state index contributed by atoms with van der Waals surface area (Å²) in [6, 6.07) is 2.71. The minimum atomic E-state index is -3.86. The Labute approximate surface area is 168 Å². The van der Waals surface area contributed by atoms with Gasteiger partial charge in [-0.05, 0) is 38.3 Å². The zero-order valence-corrected chi connectivity index (χ0v) is 17.2. The van der Waals surface area contributed by atoms with Crippen LogP contribution in [0.2, 0.25) is 15.1 Å². The maximum Gasteiger partial charge on any atom is 0.332 e. The molecule has 26 heavy (non-hydrogen) atoms. The summed E-state index contributed by atoms with van der Waals surface area (Å²) in [6.07, 6.45) is 1.61. The van der Waals surface area contributed by atoms with Crippen molar-refractivity contribution < 1.29 is 22.7 Å². The van der Waals surface area contributed by atoms with Crippen molar-refractivity contribution >= 4 is 56.5 Å². The van der Waals surface area contributed by atoms with Crippen molar-refractivity contribution in [3.63, 3.8) is 0 Å². The van der Waals surface area contributed by atoms with Gasteiger partial charge in [0, 0.05) is 6.61 Å². The fourth-order valence-corrected chi connectivity index (χ4v) is 5.12. The minimum Gasteiger partial charge on any atom is -0.459 e. The average molecular weight is 445 g/mol. The number of halogens is 3. The summed E-state index contributed by atoms with van der Waals surface area (Å²) in [5.41, 5.74) is 0.131. The molecule has 0 spiro atoms. The van der Waals surface area contributed by atoms with E-state index in [2.05, 4.69) is 4.72 Å². The van der Waals surface area contributed by atoms with Crippen molar-refractivity contribution in [1.29, 1.82) is 0 Å². The van der Waals surface area contributed by atoms with Gasteiger partial charge in [0.2, 0.25) is 10.0 Å². The van der Waals surface area contributed by atoms with Gasteiger partial charge >= 0.3 is 5.97 Å². The van der Waals surface area contributed by atoms with Crippen molar-refractivity contribution in [2.75, 3.05) is 17.9 Å². The first-order valence-corrected chi connectivity index (χ1v) is 10.9. The Bertz CT molecular complexity index is 756. The van der Waals surface area contributed by atoms with E-state index in [0.29, 0.717) is 19.4 Å². The molecule has 1 aromatic rings. The number of rotatable bonds is 7. The van der Waals surface area contributed by atoms with Crippen molar-refractivity contribution in [3.8, 4) is 0 Å². The van der Waals surface area contributed by atoms with Gasteiger partial charge < -0.3 is 9.47 Å². The molecule has 10 heteroatoms. The molecular weight excluding hydrogens is 425 g/mol. The third-order valence-corrected chi connectivity index (χ3v) is 6.89. The molecule has 1 fully saturated rings. The second-order valence-corrected chi connectivity index (χ2v) is 9.00. The number of anilines is 1. The van der Waals surface area contributed by atoms with Crippen LogP contribution in [0.3, 0.4) is 0 Å². The lowest BCUT2D eigenvalue weighted by Gasteiger charge is -2.31.